The molecule has 1 aromatic heterocycles. The number of sulfonamides is 1. The summed E-state index contributed by atoms with van der Waals surface area (Å²) < 4.78 is 27.3. The lowest BCUT2D eigenvalue weighted by Crippen LogP contribution is -2.36. The average molecular weight is 404 g/mol. The lowest BCUT2D eigenvalue weighted by atomic mass is 9.95. The van der Waals surface area contributed by atoms with Gasteiger partial charge in [-0.05, 0) is 43.9 Å². The molecule has 1 amide bonds. The van der Waals surface area contributed by atoms with Crippen molar-refractivity contribution < 1.29 is 13.2 Å². The summed E-state index contributed by atoms with van der Waals surface area (Å²) >= 11 is 0. The molecule has 2 aromatic rings. The first-order chi connectivity index (χ1) is 13.4. The molecule has 1 aliphatic carbocycles. The largest absolute Gasteiger partial charge is 0.349 e. The number of amides is 1. The van der Waals surface area contributed by atoms with E-state index in [-0.39, 0.29) is 28.0 Å². The van der Waals surface area contributed by atoms with E-state index in [2.05, 4.69) is 10.3 Å². The average Bonchev–Trinajstić information content (AvgIpc) is 3.23. The van der Waals surface area contributed by atoms with Crippen LogP contribution in [0.15, 0.2) is 34.0 Å². The van der Waals surface area contributed by atoms with Gasteiger partial charge in [-0.25, -0.2) is 8.42 Å². The SMILES string of the molecule is O=C(NC1CCCCC1)c1cc(=O)[nH]c2ccc(S(=O)(=O)N3CCCC3)cc12. The van der Waals surface area contributed by atoms with Crippen LogP contribution >= 0.6 is 0 Å². The molecule has 2 fully saturated rings. The van der Waals surface area contributed by atoms with Crippen molar-refractivity contribution in [3.05, 3.63) is 40.2 Å². The Labute approximate surface area is 164 Å². The molecule has 1 aromatic carbocycles. The molecule has 1 saturated carbocycles. The van der Waals surface area contributed by atoms with Gasteiger partial charge >= 0.3 is 0 Å². The van der Waals surface area contributed by atoms with E-state index < -0.39 is 10.0 Å². The van der Waals surface area contributed by atoms with Crippen molar-refractivity contribution in [2.45, 2.75) is 55.9 Å². The fourth-order valence-corrected chi connectivity index (χ4v) is 5.71. The zero-order chi connectivity index (χ0) is 19.7. The van der Waals surface area contributed by atoms with Crippen LogP contribution in [0.4, 0.5) is 0 Å². The summed E-state index contributed by atoms with van der Waals surface area (Å²) in [5, 5.41) is 3.47. The van der Waals surface area contributed by atoms with Crippen LogP contribution in [0, 0.1) is 0 Å². The highest BCUT2D eigenvalue weighted by Gasteiger charge is 2.28. The molecule has 0 bridgehead atoms. The summed E-state index contributed by atoms with van der Waals surface area (Å²) in [5.41, 5.74) is 0.306. The predicted molar refractivity (Wildman–Crippen MR) is 107 cm³/mol. The Kier molecular flexibility index (Phi) is 5.25. The van der Waals surface area contributed by atoms with E-state index in [9.17, 15) is 18.0 Å². The first kappa shape index (κ1) is 19.1. The Hall–Kier alpha value is -2.19. The molecule has 4 rings (SSSR count). The summed E-state index contributed by atoms with van der Waals surface area (Å²) in [4.78, 5) is 27.7. The molecule has 7 nitrogen and oxygen atoms in total. The summed E-state index contributed by atoms with van der Waals surface area (Å²) in [6.07, 6.45) is 6.92. The van der Waals surface area contributed by atoms with E-state index in [1.54, 1.807) is 6.07 Å². The summed E-state index contributed by atoms with van der Waals surface area (Å²) in [7, 11) is -3.60. The maximum absolute atomic E-state index is 12.9. The molecule has 8 heteroatoms. The highest BCUT2D eigenvalue weighted by atomic mass is 32.2. The molecule has 0 atom stereocenters. The Morgan fingerprint density at radius 1 is 1.04 bits per heavy atom. The number of nitrogens with zero attached hydrogens (tertiary/aromatic N) is 1. The Bertz CT molecular complexity index is 1050. The van der Waals surface area contributed by atoms with Crippen molar-refractivity contribution in [2.75, 3.05) is 13.1 Å². The molecule has 0 unspecified atom stereocenters. The first-order valence-electron chi connectivity index (χ1n) is 9.93. The summed E-state index contributed by atoms with van der Waals surface area (Å²) in [6.45, 7) is 1.03. The van der Waals surface area contributed by atoms with Gasteiger partial charge in [0.2, 0.25) is 15.6 Å². The minimum absolute atomic E-state index is 0.104. The molecule has 2 heterocycles. The minimum atomic E-state index is -3.60. The van der Waals surface area contributed by atoms with Crippen molar-refractivity contribution in [3.63, 3.8) is 0 Å². The van der Waals surface area contributed by atoms with Gasteiger partial charge in [0, 0.05) is 36.1 Å². The topological polar surface area (TPSA) is 99.3 Å². The number of carbonyl (C=O) groups excluding carboxylic acids is 1. The smallest absolute Gasteiger partial charge is 0.252 e. The van der Waals surface area contributed by atoms with Gasteiger partial charge in [0.25, 0.3) is 5.91 Å². The molecule has 28 heavy (non-hydrogen) atoms. The normalized spacial score (nSPS) is 19.1. The van der Waals surface area contributed by atoms with Crippen LogP contribution < -0.4 is 10.9 Å². The Morgan fingerprint density at radius 3 is 2.46 bits per heavy atom. The third-order valence-corrected chi connectivity index (χ3v) is 7.60. The number of hydrogen-bond donors (Lipinski definition) is 2. The van der Waals surface area contributed by atoms with Crippen molar-refractivity contribution in [1.82, 2.24) is 14.6 Å². The molecular formula is C20H25N3O4S. The van der Waals surface area contributed by atoms with Crippen LogP contribution in [0.2, 0.25) is 0 Å². The Balaban J connectivity index is 1.73. The quantitative estimate of drug-likeness (QED) is 0.819. The van der Waals surface area contributed by atoms with Crippen LogP contribution in [-0.4, -0.2) is 42.7 Å². The lowest BCUT2D eigenvalue weighted by molar-refractivity contribution is 0.0929. The monoisotopic (exact) mass is 403 g/mol. The predicted octanol–water partition coefficient (Wildman–Crippen LogP) is 2.38. The van der Waals surface area contributed by atoms with E-state index in [4.69, 9.17) is 0 Å². The molecule has 1 saturated heterocycles. The van der Waals surface area contributed by atoms with Gasteiger partial charge in [0.1, 0.15) is 0 Å². The Morgan fingerprint density at radius 2 is 1.75 bits per heavy atom. The maximum atomic E-state index is 12.9. The van der Waals surface area contributed by atoms with E-state index in [1.165, 1.54) is 28.9 Å². The zero-order valence-corrected chi connectivity index (χ0v) is 16.6. The molecule has 2 N–H and O–H groups in total. The zero-order valence-electron chi connectivity index (χ0n) is 15.7. The standard InChI is InChI=1S/C20H25N3O4S/c24-19-13-17(20(25)21-14-6-2-1-3-7-14)16-12-15(8-9-18(16)22-19)28(26,27)23-10-4-5-11-23/h8-9,12-14H,1-7,10-11H2,(H,21,25)(H,22,24). The second kappa shape index (κ2) is 7.67. The van der Waals surface area contributed by atoms with Crippen LogP contribution in [0.5, 0.6) is 0 Å². The molecule has 0 spiro atoms. The summed E-state index contributed by atoms with van der Waals surface area (Å²) in [6, 6.07) is 5.93. The van der Waals surface area contributed by atoms with Crippen molar-refractivity contribution in [2.24, 2.45) is 0 Å². The van der Waals surface area contributed by atoms with Crippen molar-refractivity contribution in [3.8, 4) is 0 Å². The van der Waals surface area contributed by atoms with Gasteiger partial charge in [0.15, 0.2) is 0 Å². The second-order valence-electron chi connectivity index (χ2n) is 7.67. The third kappa shape index (κ3) is 3.71. The number of carbonyl (C=O) groups is 1. The van der Waals surface area contributed by atoms with E-state index in [1.807, 2.05) is 0 Å². The first-order valence-corrected chi connectivity index (χ1v) is 11.4. The highest BCUT2D eigenvalue weighted by Crippen LogP contribution is 2.25. The van der Waals surface area contributed by atoms with Gasteiger partial charge in [-0.15, -0.1) is 0 Å². The number of benzene rings is 1. The van der Waals surface area contributed by atoms with E-state index in [0.717, 1.165) is 38.5 Å². The number of hydrogen-bond acceptors (Lipinski definition) is 4. The van der Waals surface area contributed by atoms with E-state index >= 15 is 0 Å². The number of aromatic nitrogens is 1. The maximum Gasteiger partial charge on any atom is 0.252 e. The number of pyridine rings is 1. The van der Waals surface area contributed by atoms with Gasteiger partial charge < -0.3 is 10.3 Å². The lowest BCUT2D eigenvalue weighted by Gasteiger charge is -2.23. The molecule has 1 aliphatic heterocycles. The van der Waals surface area contributed by atoms with Crippen LogP contribution in [-0.2, 0) is 10.0 Å². The minimum Gasteiger partial charge on any atom is -0.349 e. The van der Waals surface area contributed by atoms with Crippen LogP contribution in [0.25, 0.3) is 10.9 Å². The van der Waals surface area contributed by atoms with Crippen molar-refractivity contribution >= 4 is 26.8 Å². The van der Waals surface area contributed by atoms with Crippen molar-refractivity contribution in [1.29, 1.82) is 0 Å². The number of rotatable bonds is 4. The molecular weight excluding hydrogens is 378 g/mol. The molecule has 150 valence electrons. The van der Waals surface area contributed by atoms with E-state index in [0.29, 0.717) is 24.0 Å². The van der Waals surface area contributed by atoms with Gasteiger partial charge in [-0.2, -0.15) is 4.31 Å². The fraction of sp³-hybridized carbons (Fsp3) is 0.500. The van der Waals surface area contributed by atoms with Crippen LogP contribution in [0.3, 0.4) is 0 Å². The van der Waals surface area contributed by atoms with Gasteiger partial charge in [0.05, 0.1) is 10.5 Å². The second-order valence-corrected chi connectivity index (χ2v) is 9.61. The third-order valence-electron chi connectivity index (χ3n) is 5.70. The van der Waals surface area contributed by atoms with Crippen LogP contribution in [0.1, 0.15) is 55.3 Å². The molecule has 0 radical (unpaired) electrons. The molecule has 2 aliphatic rings. The number of aromatic amines is 1. The number of fused-ring (bicyclic) bond motifs is 1. The number of H-pyrrole nitrogens is 1. The summed E-state index contributed by atoms with van der Waals surface area (Å²) in [5.74, 6) is -0.321. The van der Waals surface area contributed by atoms with Gasteiger partial charge in [-0.3, -0.25) is 9.59 Å². The number of nitrogens with one attached hydrogen (secondary N) is 2. The fourth-order valence-electron chi connectivity index (χ4n) is 4.17. The van der Waals surface area contributed by atoms with Gasteiger partial charge in [-0.1, -0.05) is 19.3 Å². The highest BCUT2D eigenvalue weighted by molar-refractivity contribution is 7.89.